The first-order valence-corrected chi connectivity index (χ1v) is 4.39. The van der Waals surface area contributed by atoms with Gasteiger partial charge in [0.15, 0.2) is 0 Å². The molecule has 0 unspecified atom stereocenters. The zero-order valence-electron chi connectivity index (χ0n) is 8.15. The van der Waals surface area contributed by atoms with Crippen molar-refractivity contribution >= 4 is 12.7 Å². The van der Waals surface area contributed by atoms with Crippen LogP contribution < -0.4 is 5.59 Å². The lowest BCUT2D eigenvalue weighted by Crippen LogP contribution is -2.31. The zero-order valence-corrected chi connectivity index (χ0v) is 8.15. The molecule has 8 heteroatoms. The molecule has 0 atom stereocenters. The lowest BCUT2D eigenvalue weighted by molar-refractivity contribution is 0.423. The Morgan fingerprint density at radius 1 is 1.47 bits per heavy atom. The Hall–Kier alpha value is -1.67. The van der Waals surface area contributed by atoms with E-state index in [0.717, 1.165) is 5.82 Å². The molecule has 2 aromatic heterocycles. The summed E-state index contributed by atoms with van der Waals surface area (Å²) >= 11 is 0. The van der Waals surface area contributed by atoms with E-state index in [0.29, 0.717) is 6.54 Å². The van der Waals surface area contributed by atoms with Crippen LogP contribution >= 0.6 is 0 Å². The molecule has 0 radical (unpaired) electrons. The van der Waals surface area contributed by atoms with Crippen molar-refractivity contribution in [1.82, 2.24) is 24.5 Å². The van der Waals surface area contributed by atoms with Crippen LogP contribution in [0.2, 0.25) is 0 Å². The molecule has 0 saturated carbocycles. The van der Waals surface area contributed by atoms with Crippen LogP contribution in [0.3, 0.4) is 0 Å². The smallest absolute Gasteiger partial charge is 0.422 e. The van der Waals surface area contributed by atoms with E-state index in [2.05, 4.69) is 15.2 Å². The number of hydrogen-bond donors (Lipinski definition) is 2. The van der Waals surface area contributed by atoms with Crippen molar-refractivity contribution in [2.24, 2.45) is 7.05 Å². The second kappa shape index (κ2) is 3.83. The number of nitrogens with zero attached hydrogens (tertiary/aromatic N) is 5. The second-order valence-electron chi connectivity index (χ2n) is 3.11. The van der Waals surface area contributed by atoms with Crippen LogP contribution in [-0.4, -0.2) is 41.7 Å². The molecular formula is C7H10BN5O2. The number of hydrogen-bond acceptors (Lipinski definition) is 5. The Bertz CT molecular complexity index is 452. The average Bonchev–Trinajstić information content (AvgIpc) is 2.77. The molecule has 7 nitrogen and oxygen atoms in total. The fourth-order valence-corrected chi connectivity index (χ4v) is 1.21. The van der Waals surface area contributed by atoms with Gasteiger partial charge in [0.1, 0.15) is 18.7 Å². The van der Waals surface area contributed by atoms with E-state index in [1.807, 2.05) is 0 Å². The minimum Gasteiger partial charge on any atom is -0.422 e. The van der Waals surface area contributed by atoms with E-state index >= 15 is 0 Å². The summed E-state index contributed by atoms with van der Waals surface area (Å²) in [6.45, 7) is 0.448. The quantitative estimate of drug-likeness (QED) is 0.554. The molecule has 2 N–H and O–H groups in total. The third kappa shape index (κ3) is 2.05. The summed E-state index contributed by atoms with van der Waals surface area (Å²) in [4.78, 5) is 4.03. The first-order chi connectivity index (χ1) is 7.16. The van der Waals surface area contributed by atoms with Crippen molar-refractivity contribution in [3.63, 3.8) is 0 Å². The summed E-state index contributed by atoms with van der Waals surface area (Å²) < 4.78 is 3.20. The summed E-state index contributed by atoms with van der Waals surface area (Å²) in [5.74, 6) is 0.747. The van der Waals surface area contributed by atoms with Gasteiger partial charge in [0.05, 0.1) is 5.59 Å². The largest absolute Gasteiger partial charge is 0.510 e. The van der Waals surface area contributed by atoms with Gasteiger partial charge in [-0.1, -0.05) is 0 Å². The normalized spacial score (nSPS) is 10.6. The van der Waals surface area contributed by atoms with Gasteiger partial charge in [-0.2, -0.15) is 10.2 Å². The van der Waals surface area contributed by atoms with Crippen molar-refractivity contribution in [2.45, 2.75) is 6.54 Å². The van der Waals surface area contributed by atoms with Crippen LogP contribution in [0.15, 0.2) is 18.6 Å². The summed E-state index contributed by atoms with van der Waals surface area (Å²) in [6, 6.07) is 1.54. The molecule has 0 aliphatic carbocycles. The fraction of sp³-hybridized carbons (Fsp3) is 0.286. The minimum absolute atomic E-state index is 0.220. The molecule has 0 aliphatic rings. The maximum absolute atomic E-state index is 8.86. The van der Waals surface area contributed by atoms with Crippen LogP contribution in [0.5, 0.6) is 0 Å². The van der Waals surface area contributed by atoms with Crippen LogP contribution in [0.4, 0.5) is 0 Å². The lowest BCUT2D eigenvalue weighted by atomic mass is 9.87. The minimum atomic E-state index is -1.54. The molecule has 2 rings (SSSR count). The highest BCUT2D eigenvalue weighted by Gasteiger charge is 2.14. The molecule has 78 valence electrons. The zero-order chi connectivity index (χ0) is 10.8. The average molecular weight is 207 g/mol. The van der Waals surface area contributed by atoms with Gasteiger partial charge in [0.2, 0.25) is 0 Å². The first-order valence-electron chi connectivity index (χ1n) is 4.39. The van der Waals surface area contributed by atoms with E-state index < -0.39 is 7.12 Å². The standard InChI is InChI=1S/C7H10BN5O2/c1-12-7(9-5-10-12)4-13-3-2-6(11-13)8(14)15/h2-3,5,14-15H,4H2,1H3. The maximum atomic E-state index is 8.86. The predicted molar refractivity (Wildman–Crippen MR) is 52.2 cm³/mol. The Morgan fingerprint density at radius 2 is 2.27 bits per heavy atom. The van der Waals surface area contributed by atoms with Gasteiger partial charge in [-0.25, -0.2) is 4.98 Å². The number of aryl methyl sites for hydroxylation is 1. The third-order valence-corrected chi connectivity index (χ3v) is 2.03. The van der Waals surface area contributed by atoms with Crippen molar-refractivity contribution in [1.29, 1.82) is 0 Å². The van der Waals surface area contributed by atoms with Gasteiger partial charge < -0.3 is 10.0 Å². The molecule has 15 heavy (non-hydrogen) atoms. The van der Waals surface area contributed by atoms with E-state index in [1.165, 1.54) is 6.33 Å². The molecule has 0 aromatic carbocycles. The summed E-state index contributed by atoms with van der Waals surface area (Å²) in [5.41, 5.74) is 0.220. The predicted octanol–water partition coefficient (Wildman–Crippen LogP) is -2.26. The van der Waals surface area contributed by atoms with E-state index in [1.54, 1.807) is 28.7 Å². The second-order valence-corrected chi connectivity index (χ2v) is 3.11. The van der Waals surface area contributed by atoms with Crippen LogP contribution in [0.1, 0.15) is 5.82 Å². The molecule has 2 aromatic rings. The first kappa shape index (κ1) is 9.87. The molecule has 0 spiro atoms. The number of rotatable bonds is 3. The Balaban J connectivity index is 2.15. The highest BCUT2D eigenvalue weighted by molar-refractivity contribution is 6.57. The Kier molecular flexibility index (Phi) is 2.52. The lowest BCUT2D eigenvalue weighted by Gasteiger charge is -2.00. The molecule has 0 aliphatic heterocycles. The maximum Gasteiger partial charge on any atom is 0.510 e. The topological polar surface area (TPSA) is 89.0 Å². The van der Waals surface area contributed by atoms with Gasteiger partial charge in [-0.15, -0.1) is 0 Å². The van der Waals surface area contributed by atoms with Crippen molar-refractivity contribution < 1.29 is 10.0 Å². The summed E-state index contributed by atoms with van der Waals surface area (Å²) in [5, 5.41) is 25.6. The van der Waals surface area contributed by atoms with E-state index in [9.17, 15) is 0 Å². The monoisotopic (exact) mass is 207 g/mol. The van der Waals surface area contributed by atoms with Crippen molar-refractivity contribution in [3.8, 4) is 0 Å². The van der Waals surface area contributed by atoms with Crippen molar-refractivity contribution in [2.75, 3.05) is 0 Å². The molecule has 0 fully saturated rings. The number of aromatic nitrogens is 5. The van der Waals surface area contributed by atoms with E-state index in [4.69, 9.17) is 10.0 Å². The van der Waals surface area contributed by atoms with E-state index in [-0.39, 0.29) is 5.59 Å². The Morgan fingerprint density at radius 3 is 2.80 bits per heavy atom. The van der Waals surface area contributed by atoms with Gasteiger partial charge in [-0.05, 0) is 6.07 Å². The fourth-order valence-electron chi connectivity index (χ4n) is 1.21. The SMILES string of the molecule is Cn1ncnc1Cn1ccc(B(O)O)n1. The highest BCUT2D eigenvalue weighted by atomic mass is 16.4. The van der Waals surface area contributed by atoms with Gasteiger partial charge >= 0.3 is 7.12 Å². The molecule has 0 saturated heterocycles. The molecule has 2 heterocycles. The van der Waals surface area contributed by atoms with Gasteiger partial charge in [0.25, 0.3) is 0 Å². The van der Waals surface area contributed by atoms with Gasteiger partial charge in [0, 0.05) is 13.2 Å². The van der Waals surface area contributed by atoms with Crippen LogP contribution in [-0.2, 0) is 13.6 Å². The van der Waals surface area contributed by atoms with Crippen molar-refractivity contribution in [3.05, 3.63) is 24.4 Å². The summed E-state index contributed by atoms with van der Waals surface area (Å²) in [6.07, 6.45) is 3.12. The third-order valence-electron chi connectivity index (χ3n) is 2.03. The highest BCUT2D eigenvalue weighted by Crippen LogP contribution is 1.94. The summed E-state index contributed by atoms with van der Waals surface area (Å²) in [7, 11) is 0.249. The molecule has 0 bridgehead atoms. The molecular weight excluding hydrogens is 197 g/mol. The molecule has 0 amide bonds. The van der Waals surface area contributed by atoms with Gasteiger partial charge in [-0.3, -0.25) is 9.36 Å². The van der Waals surface area contributed by atoms with Crippen LogP contribution in [0.25, 0.3) is 0 Å². The van der Waals surface area contributed by atoms with Crippen LogP contribution in [0, 0.1) is 0 Å². The Labute approximate surface area is 86.1 Å².